The van der Waals surface area contributed by atoms with E-state index in [-0.39, 0.29) is 51.0 Å². The maximum absolute atomic E-state index is 14.6. The normalized spacial score (nSPS) is 16.2. The van der Waals surface area contributed by atoms with Crippen LogP contribution < -0.4 is 43.0 Å². The van der Waals surface area contributed by atoms with Crippen LogP contribution in [-0.4, -0.2) is 157 Å². The second-order valence-electron chi connectivity index (χ2n) is 19.5. The van der Waals surface area contributed by atoms with Gasteiger partial charge in [0.15, 0.2) is 0 Å². The number of nitrogens with two attached hydrogens (primary N) is 1. The van der Waals surface area contributed by atoms with Gasteiger partial charge in [0.2, 0.25) is 47.3 Å². The van der Waals surface area contributed by atoms with Crippen LogP contribution in [0, 0.1) is 11.8 Å². The van der Waals surface area contributed by atoms with Crippen LogP contribution in [0.2, 0.25) is 5.02 Å². The molecule has 0 spiro atoms. The van der Waals surface area contributed by atoms with Crippen molar-refractivity contribution in [2.24, 2.45) is 17.6 Å². The number of likely N-dealkylation sites (tertiary alicyclic amines) is 1. The Labute approximate surface area is 449 Å². The Balaban J connectivity index is 1.83. The van der Waals surface area contributed by atoms with Crippen LogP contribution in [0.15, 0.2) is 54.6 Å². The number of carbonyl (C=O) groups is 12. The zero-order chi connectivity index (χ0) is 57.7. The molecule has 2 aromatic rings. The molecule has 3 rings (SSSR count). The molecule has 25 nitrogen and oxygen atoms in total. The van der Waals surface area contributed by atoms with Crippen molar-refractivity contribution < 1.29 is 78.0 Å². The van der Waals surface area contributed by atoms with Crippen LogP contribution in [-0.2, 0) is 70.4 Å². The lowest BCUT2D eigenvalue weighted by Crippen LogP contribution is -2.61. The Bertz CT molecular complexity index is 2440. The summed E-state index contributed by atoms with van der Waals surface area (Å²) < 4.78 is 0. The highest BCUT2D eigenvalue weighted by Crippen LogP contribution is 2.22. The van der Waals surface area contributed by atoms with E-state index in [0.29, 0.717) is 16.1 Å². The second-order valence-corrected chi connectivity index (χ2v) is 19.9. The van der Waals surface area contributed by atoms with E-state index >= 15 is 0 Å². The first-order chi connectivity index (χ1) is 36.2. The average molecular weight is 1100 g/mol. The number of benzene rings is 2. The molecule has 0 bridgehead atoms. The number of aliphatic carboxylic acids is 4. The van der Waals surface area contributed by atoms with Crippen molar-refractivity contribution in [3.8, 4) is 0 Å². The van der Waals surface area contributed by atoms with Crippen molar-refractivity contribution in [1.29, 1.82) is 0 Å². The Morgan fingerprint density at radius 2 is 1.12 bits per heavy atom. The SMILES string of the molecule is CC(C)C[C@H](NC(=O)[C@@H](NC(=O)[C@@H](N)CCC(=O)O)C(C)C)C(=O)N[C@@H](Cc1ccc(Cl)cc1)C(=O)N1CCC[C@@H]1C(=O)N[C@@H](CC(=O)O)C(=O)N[C@@H](C)C(=O)N[C@@H](CCC(=O)O)C(=O)N[C@@H](Cc1ccccc1)C(=O)O. The molecule has 77 heavy (non-hydrogen) atoms. The molecule has 0 aliphatic carbocycles. The van der Waals surface area contributed by atoms with Gasteiger partial charge < -0.3 is 68.3 Å². The van der Waals surface area contributed by atoms with Gasteiger partial charge in [0.25, 0.3) is 0 Å². The van der Waals surface area contributed by atoms with Crippen LogP contribution in [0.5, 0.6) is 0 Å². The van der Waals surface area contributed by atoms with E-state index in [9.17, 15) is 72.9 Å². The Hall–Kier alpha value is -7.67. The third-order valence-electron chi connectivity index (χ3n) is 12.3. The van der Waals surface area contributed by atoms with E-state index < -0.39 is 157 Å². The zero-order valence-corrected chi connectivity index (χ0v) is 44.2. The van der Waals surface area contributed by atoms with Gasteiger partial charge in [-0.1, -0.05) is 81.8 Å². The second kappa shape index (κ2) is 30.8. The fourth-order valence-electron chi connectivity index (χ4n) is 8.19. The van der Waals surface area contributed by atoms with Gasteiger partial charge in [-0.2, -0.15) is 0 Å². The molecular weight excluding hydrogens is 1030 g/mol. The minimum atomic E-state index is -1.85. The van der Waals surface area contributed by atoms with E-state index in [0.717, 1.165) is 11.8 Å². The molecule has 9 atom stereocenters. The number of carboxylic acid groups (broad SMARTS) is 4. The molecule has 13 N–H and O–H groups in total. The van der Waals surface area contributed by atoms with Crippen molar-refractivity contribution in [2.45, 2.75) is 153 Å². The first kappa shape index (κ1) is 63.6. The minimum absolute atomic E-state index is 0.0243. The van der Waals surface area contributed by atoms with E-state index in [1.807, 2.05) is 0 Å². The lowest BCUT2D eigenvalue weighted by molar-refractivity contribution is -0.144. The fourth-order valence-corrected chi connectivity index (χ4v) is 8.31. The van der Waals surface area contributed by atoms with Gasteiger partial charge in [-0.05, 0) is 74.1 Å². The Morgan fingerprint density at radius 1 is 0.584 bits per heavy atom. The summed E-state index contributed by atoms with van der Waals surface area (Å²) in [6.45, 7) is 7.96. The number of nitrogens with zero attached hydrogens (tertiary/aromatic N) is 1. The molecule has 1 saturated heterocycles. The summed E-state index contributed by atoms with van der Waals surface area (Å²) in [5, 5.41) is 55.5. The van der Waals surface area contributed by atoms with Crippen LogP contribution in [0.4, 0.5) is 0 Å². The molecule has 1 aliphatic heterocycles. The van der Waals surface area contributed by atoms with Gasteiger partial charge in [-0.3, -0.25) is 52.7 Å². The summed E-state index contributed by atoms with van der Waals surface area (Å²) in [6.07, 6.45) is -2.69. The maximum atomic E-state index is 14.6. The minimum Gasteiger partial charge on any atom is -0.481 e. The number of carboxylic acids is 4. The number of rotatable bonds is 31. The highest BCUT2D eigenvalue weighted by molar-refractivity contribution is 6.30. The lowest BCUT2D eigenvalue weighted by Gasteiger charge is -2.31. The average Bonchev–Trinajstić information content (AvgIpc) is 3.85. The quantitative estimate of drug-likeness (QED) is 0.0467. The summed E-state index contributed by atoms with van der Waals surface area (Å²) in [5.41, 5.74) is 6.96. The third-order valence-corrected chi connectivity index (χ3v) is 12.6. The monoisotopic (exact) mass is 1100 g/mol. The topological polar surface area (TPSA) is 399 Å². The van der Waals surface area contributed by atoms with Crippen molar-refractivity contribution in [3.63, 3.8) is 0 Å². The number of carbonyl (C=O) groups excluding carboxylic acids is 8. The molecule has 26 heteroatoms. The number of hydrogen-bond donors (Lipinski definition) is 12. The zero-order valence-electron chi connectivity index (χ0n) is 43.4. The Morgan fingerprint density at radius 3 is 1.69 bits per heavy atom. The van der Waals surface area contributed by atoms with Crippen molar-refractivity contribution in [1.82, 2.24) is 42.1 Å². The molecular formula is C51H70ClN9O16. The highest BCUT2D eigenvalue weighted by atomic mass is 35.5. The summed E-state index contributed by atoms with van der Waals surface area (Å²) >= 11 is 6.13. The van der Waals surface area contributed by atoms with Crippen LogP contribution in [0.3, 0.4) is 0 Å². The smallest absolute Gasteiger partial charge is 0.326 e. The molecule has 0 aromatic heterocycles. The van der Waals surface area contributed by atoms with Gasteiger partial charge in [-0.15, -0.1) is 0 Å². The van der Waals surface area contributed by atoms with Crippen molar-refractivity contribution >= 4 is 82.7 Å². The molecule has 1 heterocycles. The number of hydrogen-bond acceptors (Lipinski definition) is 13. The molecule has 422 valence electrons. The van der Waals surface area contributed by atoms with Gasteiger partial charge >= 0.3 is 23.9 Å². The third kappa shape index (κ3) is 21.5. The summed E-state index contributed by atoms with van der Waals surface area (Å²) in [6, 6.07) is 1.67. The lowest BCUT2D eigenvalue weighted by atomic mass is 9.98. The number of halogens is 1. The molecule has 0 unspecified atom stereocenters. The summed E-state index contributed by atoms with van der Waals surface area (Å²) in [4.78, 5) is 158. The van der Waals surface area contributed by atoms with Gasteiger partial charge in [0.05, 0.1) is 12.5 Å². The largest absolute Gasteiger partial charge is 0.481 e. The van der Waals surface area contributed by atoms with Crippen molar-refractivity contribution in [3.05, 3.63) is 70.7 Å². The molecule has 1 fully saturated rings. The van der Waals surface area contributed by atoms with E-state index in [1.165, 1.54) is 0 Å². The molecule has 0 saturated carbocycles. The number of nitrogens with one attached hydrogen (secondary N) is 7. The fraction of sp³-hybridized carbons (Fsp3) is 0.529. The van der Waals surface area contributed by atoms with Gasteiger partial charge in [0, 0.05) is 37.3 Å². The van der Waals surface area contributed by atoms with Crippen LogP contribution in [0.1, 0.15) is 97.1 Å². The summed E-state index contributed by atoms with van der Waals surface area (Å²) in [5.74, 6) is -13.6. The van der Waals surface area contributed by atoms with Crippen LogP contribution >= 0.6 is 11.6 Å². The number of amides is 8. The highest BCUT2D eigenvalue weighted by Gasteiger charge is 2.41. The first-order valence-electron chi connectivity index (χ1n) is 25.0. The predicted molar refractivity (Wildman–Crippen MR) is 275 cm³/mol. The molecule has 1 aliphatic rings. The maximum Gasteiger partial charge on any atom is 0.326 e. The summed E-state index contributed by atoms with van der Waals surface area (Å²) in [7, 11) is 0. The van der Waals surface area contributed by atoms with Gasteiger partial charge in [0.1, 0.15) is 48.3 Å². The van der Waals surface area contributed by atoms with Gasteiger partial charge in [-0.25, -0.2) is 4.79 Å². The van der Waals surface area contributed by atoms with E-state index in [1.54, 1.807) is 82.3 Å². The standard InChI is InChI=1S/C51H70ClN9O16/c1-26(2)22-34(57-49(74)42(27(3)4)60-44(69)32(53)17-19-39(62)63)47(72)58-36(23-30-13-15-31(52)16-14-30)50(75)61-21-9-12-38(61)48(73)56-35(25-41(66)67)46(71)54-28(5)43(68)55-33(18-20-40(64)65)45(70)59-37(51(76)77)24-29-10-7-6-8-11-29/h6-8,10-11,13-16,26-28,32-38,42H,9,12,17-25,53H2,1-5H3,(H,54,71)(H,55,68)(H,56,73)(H,57,74)(H,58,72)(H,59,70)(H,60,69)(H,62,63)(H,64,65)(H,66,67)(H,76,77)/t28-,32-,33-,34-,35-,36-,37-,38+,42-/m0/s1. The van der Waals surface area contributed by atoms with E-state index in [4.69, 9.17) is 22.4 Å². The first-order valence-corrected chi connectivity index (χ1v) is 25.4. The molecule has 2 aromatic carbocycles. The molecule has 0 radical (unpaired) electrons. The van der Waals surface area contributed by atoms with E-state index in [2.05, 4.69) is 37.2 Å². The van der Waals surface area contributed by atoms with Crippen LogP contribution in [0.25, 0.3) is 0 Å². The predicted octanol–water partition coefficient (Wildman–Crippen LogP) is -0.152. The van der Waals surface area contributed by atoms with Crippen molar-refractivity contribution in [2.75, 3.05) is 6.54 Å². The Kier molecular flexibility index (Phi) is 25.4. The molecule has 8 amide bonds.